The van der Waals surface area contributed by atoms with Crippen molar-refractivity contribution < 1.29 is 0 Å². The van der Waals surface area contributed by atoms with E-state index in [4.69, 9.17) is 0 Å². The van der Waals surface area contributed by atoms with E-state index in [2.05, 4.69) is 72.8 Å². The van der Waals surface area contributed by atoms with Gasteiger partial charge in [0.2, 0.25) is 0 Å². The normalized spacial score (nSPS) is 11.3. The van der Waals surface area contributed by atoms with Gasteiger partial charge in [-0.05, 0) is 38.7 Å². The summed E-state index contributed by atoms with van der Waals surface area (Å²) in [4.78, 5) is 0. The van der Waals surface area contributed by atoms with Crippen LogP contribution in [0, 0.1) is 0 Å². The van der Waals surface area contributed by atoms with Crippen molar-refractivity contribution in [3.63, 3.8) is 0 Å². The fraction of sp³-hybridized carbons (Fsp3) is 0. The smallest absolute Gasteiger partial charge is 0.00992 e. The maximum atomic E-state index is 2.28. The van der Waals surface area contributed by atoms with Gasteiger partial charge in [0.1, 0.15) is 0 Å². The summed E-state index contributed by atoms with van der Waals surface area (Å²) in [5.41, 5.74) is 2.68. The second-order valence-corrected chi connectivity index (χ2v) is 4.67. The van der Waals surface area contributed by atoms with Crippen molar-refractivity contribution in [2.24, 2.45) is 0 Å². The third kappa shape index (κ3) is 1.26. The summed E-state index contributed by atoms with van der Waals surface area (Å²) in [5.74, 6) is 0. The molecule has 0 nitrogen and oxygen atoms in total. The van der Waals surface area contributed by atoms with E-state index in [1.807, 2.05) is 0 Å². The van der Waals surface area contributed by atoms with E-state index in [-0.39, 0.29) is 0 Å². The van der Waals surface area contributed by atoms with Crippen LogP contribution >= 0.6 is 0 Å². The highest BCUT2D eigenvalue weighted by atomic mass is 14.1. The van der Waals surface area contributed by atoms with Gasteiger partial charge in [0.05, 0.1) is 0 Å². The average Bonchev–Trinajstić information content (AvgIpc) is 2.84. The molecule has 0 N–H and O–H groups in total. The summed E-state index contributed by atoms with van der Waals surface area (Å²) in [6.07, 6.45) is 0. The summed E-state index contributed by atoms with van der Waals surface area (Å²) in [6, 6.07) is 26.1. The Morgan fingerprint density at radius 2 is 0.944 bits per heavy atom. The van der Waals surface area contributed by atoms with Crippen LogP contribution in [0.4, 0.5) is 0 Å². The summed E-state index contributed by atoms with van der Waals surface area (Å²) in [6.45, 7) is 0. The predicted molar refractivity (Wildman–Crippen MR) is 78.1 cm³/mol. The molecule has 0 aliphatic heterocycles. The molecule has 0 bridgehead atoms. The Morgan fingerprint density at radius 3 is 1.50 bits per heavy atom. The molecule has 2 aliphatic carbocycles. The Morgan fingerprint density at radius 1 is 0.444 bits per heavy atom. The maximum Gasteiger partial charge on any atom is -0.00992 e. The fourth-order valence-corrected chi connectivity index (χ4v) is 2.79. The highest BCUT2D eigenvalue weighted by Crippen LogP contribution is 2.36. The summed E-state index contributed by atoms with van der Waals surface area (Å²) in [7, 11) is 0. The van der Waals surface area contributed by atoms with E-state index in [9.17, 15) is 0 Å². The van der Waals surface area contributed by atoms with Crippen molar-refractivity contribution in [1.82, 2.24) is 0 Å². The molecule has 0 radical (unpaired) electrons. The molecule has 0 aromatic heterocycles. The van der Waals surface area contributed by atoms with Crippen LogP contribution in [0.15, 0.2) is 72.8 Å². The molecule has 0 heteroatoms. The molecule has 4 rings (SSSR count). The first-order valence-electron chi connectivity index (χ1n) is 6.23. The number of fused-ring (bicyclic) bond motifs is 5. The second kappa shape index (κ2) is 3.58. The van der Waals surface area contributed by atoms with Crippen LogP contribution in [0.1, 0.15) is 0 Å². The molecular weight excluding hydrogens is 216 g/mol. The van der Waals surface area contributed by atoms with Crippen molar-refractivity contribution >= 4 is 21.5 Å². The van der Waals surface area contributed by atoms with E-state index in [1.54, 1.807) is 0 Å². The zero-order valence-corrected chi connectivity index (χ0v) is 9.93. The first-order chi connectivity index (χ1) is 8.93. The van der Waals surface area contributed by atoms with E-state index in [1.165, 1.54) is 32.7 Å². The molecule has 0 spiro atoms. The van der Waals surface area contributed by atoms with Crippen LogP contribution in [-0.2, 0) is 0 Å². The molecule has 0 saturated carbocycles. The quantitative estimate of drug-likeness (QED) is 0.393. The summed E-state index contributed by atoms with van der Waals surface area (Å²) in [5, 5.41) is 5.26. The van der Waals surface area contributed by atoms with Crippen LogP contribution in [-0.4, -0.2) is 0 Å². The van der Waals surface area contributed by atoms with Gasteiger partial charge in [0.15, 0.2) is 0 Å². The SMILES string of the molecule is c1cc2c3ccccc3cc3ccccc3c-2c1. The van der Waals surface area contributed by atoms with Gasteiger partial charge >= 0.3 is 0 Å². The van der Waals surface area contributed by atoms with Gasteiger partial charge in [-0.25, -0.2) is 0 Å². The van der Waals surface area contributed by atoms with Crippen molar-refractivity contribution in [3.05, 3.63) is 72.8 Å². The highest BCUT2D eigenvalue weighted by molar-refractivity contribution is 6.09. The average molecular weight is 228 g/mol. The number of rotatable bonds is 0. The van der Waals surface area contributed by atoms with Gasteiger partial charge in [-0.1, -0.05) is 66.7 Å². The zero-order chi connectivity index (χ0) is 11.9. The van der Waals surface area contributed by atoms with Gasteiger partial charge in [0.25, 0.3) is 0 Å². The van der Waals surface area contributed by atoms with E-state index >= 15 is 0 Å². The van der Waals surface area contributed by atoms with Crippen LogP contribution in [0.25, 0.3) is 32.7 Å². The van der Waals surface area contributed by atoms with Gasteiger partial charge in [-0.15, -0.1) is 0 Å². The lowest BCUT2D eigenvalue weighted by atomic mass is 10.0. The maximum absolute atomic E-state index is 2.28. The third-order valence-electron chi connectivity index (χ3n) is 3.63. The van der Waals surface area contributed by atoms with Crippen molar-refractivity contribution in [2.45, 2.75) is 0 Å². The molecule has 0 heterocycles. The Hall–Kier alpha value is -2.34. The fourth-order valence-electron chi connectivity index (χ4n) is 2.79. The van der Waals surface area contributed by atoms with Crippen molar-refractivity contribution in [2.75, 3.05) is 0 Å². The standard InChI is InChI=1S/C18H12/c1-3-8-15-13(6-1)12-14-7-2-4-9-16(14)18-11-5-10-17(15)18/h1-12H. The first kappa shape index (κ1) is 9.67. The molecule has 18 heavy (non-hydrogen) atoms. The second-order valence-electron chi connectivity index (χ2n) is 4.67. The van der Waals surface area contributed by atoms with Gasteiger partial charge < -0.3 is 0 Å². The molecule has 84 valence electrons. The Balaban J connectivity index is 2.36. The van der Waals surface area contributed by atoms with E-state index in [0.29, 0.717) is 0 Å². The molecule has 2 aliphatic rings. The Kier molecular flexibility index (Phi) is 1.92. The first-order valence-corrected chi connectivity index (χ1v) is 6.23. The van der Waals surface area contributed by atoms with Crippen LogP contribution < -0.4 is 0 Å². The van der Waals surface area contributed by atoms with Crippen LogP contribution in [0.2, 0.25) is 0 Å². The van der Waals surface area contributed by atoms with Gasteiger partial charge in [-0.3, -0.25) is 0 Å². The Labute approximate surface area is 106 Å². The van der Waals surface area contributed by atoms with Crippen molar-refractivity contribution in [1.29, 1.82) is 0 Å². The number of hydrogen-bond donors (Lipinski definition) is 0. The molecule has 0 amide bonds. The molecule has 2 aromatic rings. The molecule has 0 saturated heterocycles. The molecule has 0 fully saturated rings. The number of benzene rings is 2. The third-order valence-corrected chi connectivity index (χ3v) is 3.63. The largest absolute Gasteiger partial charge is 0.0616 e. The van der Waals surface area contributed by atoms with E-state index < -0.39 is 0 Å². The van der Waals surface area contributed by atoms with Crippen molar-refractivity contribution in [3.8, 4) is 11.1 Å². The zero-order valence-electron chi connectivity index (χ0n) is 9.93. The van der Waals surface area contributed by atoms with Crippen LogP contribution in [0.3, 0.4) is 0 Å². The lowest BCUT2D eigenvalue weighted by Gasteiger charge is -1.99. The summed E-state index contributed by atoms with van der Waals surface area (Å²) >= 11 is 0. The van der Waals surface area contributed by atoms with Gasteiger partial charge in [-0.2, -0.15) is 0 Å². The van der Waals surface area contributed by atoms with Gasteiger partial charge in [0, 0.05) is 0 Å². The molecule has 2 aromatic carbocycles. The minimum atomic E-state index is 1.30. The highest BCUT2D eigenvalue weighted by Gasteiger charge is 2.09. The molecule has 0 unspecified atom stereocenters. The molecule has 0 atom stereocenters. The van der Waals surface area contributed by atoms with Crippen LogP contribution in [0.5, 0.6) is 0 Å². The lowest BCUT2D eigenvalue weighted by molar-refractivity contribution is 1.81. The molecular formula is C18H12. The predicted octanol–water partition coefficient (Wildman–Crippen LogP) is 5.10. The summed E-state index contributed by atoms with van der Waals surface area (Å²) < 4.78 is 0. The minimum absolute atomic E-state index is 1.30. The Bertz CT molecular complexity index is 760. The van der Waals surface area contributed by atoms with E-state index in [0.717, 1.165) is 0 Å². The lowest BCUT2D eigenvalue weighted by Crippen LogP contribution is -1.72. The monoisotopic (exact) mass is 228 g/mol. The topological polar surface area (TPSA) is 0 Å². The minimum Gasteiger partial charge on any atom is -0.0616 e. The number of hydrogen-bond acceptors (Lipinski definition) is 0.